The number of carbonyl (C=O) groups excluding carboxylic acids is 1. The van der Waals surface area contributed by atoms with Crippen molar-refractivity contribution in [1.29, 1.82) is 0 Å². The first-order valence-electron chi connectivity index (χ1n) is 6.08. The van der Waals surface area contributed by atoms with Crippen LogP contribution in [-0.2, 0) is 19.4 Å². The Balaban J connectivity index is 2.31. The highest BCUT2D eigenvalue weighted by Crippen LogP contribution is 2.25. The van der Waals surface area contributed by atoms with Crippen molar-refractivity contribution >= 4 is 37.6 Å². The lowest BCUT2D eigenvalue weighted by molar-refractivity contribution is 0.0988. The zero-order chi connectivity index (χ0) is 14.0. The molecule has 0 aliphatic carbocycles. The lowest BCUT2D eigenvalue weighted by atomic mass is 10.1. The minimum Gasteiger partial charge on any atom is -0.457 e. The zero-order valence-electron chi connectivity index (χ0n) is 10.7. The average Bonchev–Trinajstić information content (AvgIpc) is 2.95. The van der Waals surface area contributed by atoms with Crippen molar-refractivity contribution in [3.63, 3.8) is 0 Å². The van der Waals surface area contributed by atoms with Gasteiger partial charge in [-0.25, -0.2) is 0 Å². The van der Waals surface area contributed by atoms with Crippen LogP contribution in [-0.4, -0.2) is 15.6 Å². The molecule has 2 heterocycles. The summed E-state index contributed by atoms with van der Waals surface area (Å²) in [7, 11) is 0. The Labute approximate surface area is 128 Å². The number of nitrogens with zero attached hydrogens (tertiary/aromatic N) is 2. The molecule has 4 nitrogen and oxygen atoms in total. The molecule has 0 aliphatic heterocycles. The highest BCUT2D eigenvalue weighted by Gasteiger charge is 2.20. The van der Waals surface area contributed by atoms with Crippen molar-refractivity contribution in [2.75, 3.05) is 0 Å². The van der Waals surface area contributed by atoms with E-state index in [9.17, 15) is 4.79 Å². The molecule has 2 aromatic rings. The maximum Gasteiger partial charge on any atom is 0.179 e. The van der Waals surface area contributed by atoms with Crippen LogP contribution in [0.2, 0.25) is 0 Å². The predicted molar refractivity (Wildman–Crippen MR) is 79.4 cm³/mol. The van der Waals surface area contributed by atoms with E-state index in [4.69, 9.17) is 4.42 Å². The van der Waals surface area contributed by atoms with Gasteiger partial charge in [0.1, 0.15) is 0 Å². The lowest BCUT2D eigenvalue weighted by Gasteiger charge is -2.04. The van der Waals surface area contributed by atoms with E-state index >= 15 is 0 Å². The zero-order valence-corrected chi connectivity index (χ0v) is 13.9. The number of carbonyl (C=O) groups is 1. The molecule has 0 aliphatic rings. The van der Waals surface area contributed by atoms with E-state index in [-0.39, 0.29) is 5.78 Å². The summed E-state index contributed by atoms with van der Waals surface area (Å²) in [5.41, 5.74) is 2.46. The van der Waals surface area contributed by atoms with Gasteiger partial charge in [0.05, 0.1) is 34.1 Å². The third-order valence-electron chi connectivity index (χ3n) is 2.94. The van der Waals surface area contributed by atoms with Gasteiger partial charge in [-0.3, -0.25) is 9.48 Å². The topological polar surface area (TPSA) is 48.0 Å². The predicted octanol–water partition coefficient (Wildman–Crippen LogP) is 4.01. The number of aryl methyl sites for hydroxylation is 2. The highest BCUT2D eigenvalue weighted by molar-refractivity contribution is 9.10. The average molecular weight is 390 g/mol. The van der Waals surface area contributed by atoms with E-state index in [1.165, 1.54) is 6.26 Å². The molecule has 0 N–H and O–H groups in total. The first kappa shape index (κ1) is 14.5. The molecular weight excluding hydrogens is 376 g/mol. The Morgan fingerprint density at radius 2 is 2.16 bits per heavy atom. The molecule has 0 bridgehead atoms. The Morgan fingerprint density at radius 1 is 1.42 bits per heavy atom. The Morgan fingerprint density at radius 3 is 2.68 bits per heavy atom. The van der Waals surface area contributed by atoms with E-state index in [1.54, 1.807) is 6.07 Å². The van der Waals surface area contributed by atoms with Gasteiger partial charge in [0.25, 0.3) is 0 Å². The summed E-state index contributed by atoms with van der Waals surface area (Å²) in [5.74, 6) is 0.0126. The molecule has 0 radical (unpaired) electrons. The summed E-state index contributed by atoms with van der Waals surface area (Å²) in [6.45, 7) is 4.81. The molecule has 0 amide bonds. The molecule has 19 heavy (non-hydrogen) atoms. The van der Waals surface area contributed by atoms with Crippen LogP contribution >= 0.6 is 31.9 Å². The molecule has 0 aromatic carbocycles. The molecular formula is C13H14Br2N2O2. The number of Topliss-reactive ketones (excluding diaryl/α,β-unsaturated/α-hetero) is 1. The number of rotatable bonds is 5. The fourth-order valence-electron chi connectivity index (χ4n) is 1.93. The molecule has 0 saturated heterocycles. The number of hydrogen-bond donors (Lipinski definition) is 0. The summed E-state index contributed by atoms with van der Waals surface area (Å²) >= 11 is 6.77. The summed E-state index contributed by atoms with van der Waals surface area (Å²) in [5, 5.41) is 4.49. The SMILES string of the molecule is CCc1nn(CC)c(CC(=O)c2ccoc2Br)c1Br. The lowest BCUT2D eigenvalue weighted by Crippen LogP contribution is -2.10. The maximum absolute atomic E-state index is 12.3. The Bertz CT molecular complexity index is 602. The Kier molecular flexibility index (Phi) is 4.62. The van der Waals surface area contributed by atoms with Crippen LogP contribution in [0.1, 0.15) is 35.6 Å². The van der Waals surface area contributed by atoms with Crippen LogP contribution in [0.4, 0.5) is 0 Å². The first-order chi connectivity index (χ1) is 9.08. The van der Waals surface area contributed by atoms with Gasteiger partial charge in [0, 0.05) is 6.54 Å². The first-order valence-corrected chi connectivity index (χ1v) is 7.67. The second kappa shape index (κ2) is 6.05. The van der Waals surface area contributed by atoms with Crippen LogP contribution < -0.4 is 0 Å². The third kappa shape index (κ3) is 2.84. The van der Waals surface area contributed by atoms with Gasteiger partial charge in [-0.2, -0.15) is 5.10 Å². The molecule has 6 heteroatoms. The summed E-state index contributed by atoms with van der Waals surface area (Å²) in [6.07, 6.45) is 2.64. The second-order valence-electron chi connectivity index (χ2n) is 4.08. The Hall–Kier alpha value is -0.880. The van der Waals surface area contributed by atoms with Gasteiger partial charge in [-0.05, 0) is 51.3 Å². The smallest absolute Gasteiger partial charge is 0.179 e. The summed E-state index contributed by atoms with van der Waals surface area (Å²) in [4.78, 5) is 12.3. The van der Waals surface area contributed by atoms with Crippen molar-refractivity contribution in [2.24, 2.45) is 0 Å². The fraction of sp³-hybridized carbons (Fsp3) is 0.385. The molecule has 0 spiro atoms. The van der Waals surface area contributed by atoms with Crippen LogP contribution in [0.3, 0.4) is 0 Å². The highest BCUT2D eigenvalue weighted by atomic mass is 79.9. The summed E-state index contributed by atoms with van der Waals surface area (Å²) < 4.78 is 8.38. The van der Waals surface area contributed by atoms with Gasteiger partial charge in [-0.1, -0.05) is 6.92 Å². The van der Waals surface area contributed by atoms with Crippen LogP contribution in [0, 0.1) is 0 Å². The van der Waals surface area contributed by atoms with Crippen molar-refractivity contribution in [3.05, 3.63) is 38.4 Å². The van der Waals surface area contributed by atoms with Crippen LogP contribution in [0.25, 0.3) is 0 Å². The van der Waals surface area contributed by atoms with Crippen LogP contribution in [0.15, 0.2) is 25.9 Å². The number of furan rings is 1. The van der Waals surface area contributed by atoms with E-state index in [1.807, 2.05) is 18.5 Å². The monoisotopic (exact) mass is 388 g/mol. The summed E-state index contributed by atoms with van der Waals surface area (Å²) in [6, 6.07) is 1.67. The van der Waals surface area contributed by atoms with Crippen molar-refractivity contribution < 1.29 is 9.21 Å². The van der Waals surface area contributed by atoms with E-state index in [2.05, 4.69) is 37.0 Å². The number of ketones is 1. The van der Waals surface area contributed by atoms with Crippen molar-refractivity contribution in [3.8, 4) is 0 Å². The molecule has 102 valence electrons. The van der Waals surface area contributed by atoms with Crippen molar-refractivity contribution in [2.45, 2.75) is 33.2 Å². The van der Waals surface area contributed by atoms with Gasteiger partial charge in [-0.15, -0.1) is 0 Å². The van der Waals surface area contributed by atoms with Crippen molar-refractivity contribution in [1.82, 2.24) is 9.78 Å². The molecule has 0 atom stereocenters. The van der Waals surface area contributed by atoms with Gasteiger partial charge in [0.2, 0.25) is 0 Å². The molecule has 2 rings (SSSR count). The largest absolute Gasteiger partial charge is 0.457 e. The van der Waals surface area contributed by atoms with E-state index in [0.717, 1.165) is 28.8 Å². The molecule has 2 aromatic heterocycles. The number of halogens is 2. The molecule has 0 saturated carbocycles. The van der Waals surface area contributed by atoms with Gasteiger partial charge < -0.3 is 4.42 Å². The quantitative estimate of drug-likeness (QED) is 0.726. The van der Waals surface area contributed by atoms with Gasteiger partial charge >= 0.3 is 0 Å². The second-order valence-corrected chi connectivity index (χ2v) is 5.60. The number of hydrogen-bond acceptors (Lipinski definition) is 3. The normalized spacial score (nSPS) is 10.9. The molecule has 0 fully saturated rings. The minimum atomic E-state index is 0.0126. The minimum absolute atomic E-state index is 0.0126. The fourth-order valence-corrected chi connectivity index (χ4v) is 3.09. The van der Waals surface area contributed by atoms with Gasteiger partial charge in [0.15, 0.2) is 10.5 Å². The maximum atomic E-state index is 12.3. The van der Waals surface area contributed by atoms with Crippen LogP contribution in [0.5, 0.6) is 0 Å². The van der Waals surface area contributed by atoms with E-state index < -0.39 is 0 Å². The third-order valence-corrected chi connectivity index (χ3v) is 4.47. The standard InChI is InChI=1S/C13H14Br2N2O2/c1-3-9-12(14)10(17(4-2)16-9)7-11(18)8-5-6-19-13(8)15/h5-6H,3-4,7H2,1-2H3. The van der Waals surface area contributed by atoms with E-state index in [0.29, 0.717) is 16.7 Å². The molecule has 0 unspecified atom stereocenters. The number of aromatic nitrogens is 2.